The summed E-state index contributed by atoms with van der Waals surface area (Å²) >= 11 is 0. The van der Waals surface area contributed by atoms with E-state index in [-0.39, 0.29) is 5.92 Å². The molecule has 2 N–H and O–H groups in total. The molecule has 0 fully saturated rings. The summed E-state index contributed by atoms with van der Waals surface area (Å²) in [5, 5.41) is 12.1. The maximum absolute atomic E-state index is 11.0. The lowest BCUT2D eigenvalue weighted by Crippen LogP contribution is -2.40. The summed E-state index contributed by atoms with van der Waals surface area (Å²) in [6.45, 7) is 6.43. The molecule has 3 nitrogen and oxygen atoms in total. The van der Waals surface area contributed by atoms with Crippen LogP contribution in [0, 0.1) is 12.8 Å². The molecule has 0 saturated carbocycles. The smallest absolute Gasteiger partial charge is 0.320 e. The van der Waals surface area contributed by atoms with Gasteiger partial charge >= 0.3 is 5.97 Å². The quantitative estimate of drug-likeness (QED) is 0.801. The predicted octanol–water partition coefficient (Wildman–Crippen LogP) is 2.19. The van der Waals surface area contributed by atoms with E-state index in [1.54, 1.807) is 0 Å². The second-order valence-corrected chi connectivity index (χ2v) is 4.43. The maximum Gasteiger partial charge on any atom is 0.320 e. The minimum absolute atomic E-state index is 0.0855. The van der Waals surface area contributed by atoms with Crippen molar-refractivity contribution in [1.29, 1.82) is 0 Å². The monoisotopic (exact) mass is 221 g/mol. The maximum atomic E-state index is 11.0. The van der Waals surface area contributed by atoms with E-state index in [9.17, 15) is 4.79 Å². The number of hydrogen-bond donors (Lipinski definition) is 2. The average Bonchev–Trinajstić information content (AvgIpc) is 2.16. The van der Waals surface area contributed by atoms with Crippen molar-refractivity contribution in [2.24, 2.45) is 5.92 Å². The van der Waals surface area contributed by atoms with Gasteiger partial charge in [0.1, 0.15) is 6.04 Å². The van der Waals surface area contributed by atoms with E-state index in [0.717, 1.165) is 5.56 Å². The van der Waals surface area contributed by atoms with Gasteiger partial charge in [0.25, 0.3) is 0 Å². The third-order valence-electron chi connectivity index (χ3n) is 2.54. The van der Waals surface area contributed by atoms with Crippen LogP contribution in [0.2, 0.25) is 0 Å². The van der Waals surface area contributed by atoms with Crippen molar-refractivity contribution >= 4 is 5.97 Å². The molecule has 0 unspecified atom stereocenters. The fourth-order valence-electron chi connectivity index (χ4n) is 1.66. The second-order valence-electron chi connectivity index (χ2n) is 4.43. The number of benzene rings is 1. The van der Waals surface area contributed by atoms with E-state index in [2.05, 4.69) is 11.4 Å². The lowest BCUT2D eigenvalue weighted by Gasteiger charge is -2.18. The van der Waals surface area contributed by atoms with Crippen molar-refractivity contribution < 1.29 is 9.90 Å². The summed E-state index contributed by atoms with van der Waals surface area (Å²) in [5.74, 6) is -0.704. The molecule has 0 aliphatic carbocycles. The molecule has 0 heterocycles. The zero-order chi connectivity index (χ0) is 12.1. The number of aryl methyl sites for hydroxylation is 1. The van der Waals surface area contributed by atoms with Gasteiger partial charge in [-0.25, -0.2) is 0 Å². The van der Waals surface area contributed by atoms with Gasteiger partial charge in [-0.1, -0.05) is 43.7 Å². The average molecular weight is 221 g/mol. The lowest BCUT2D eigenvalue weighted by molar-refractivity contribution is -0.140. The summed E-state index contributed by atoms with van der Waals surface area (Å²) < 4.78 is 0. The van der Waals surface area contributed by atoms with Crippen molar-refractivity contribution in [2.45, 2.75) is 33.4 Å². The molecule has 1 aromatic rings. The van der Waals surface area contributed by atoms with Crippen LogP contribution >= 0.6 is 0 Å². The molecule has 0 radical (unpaired) electrons. The number of nitrogens with one attached hydrogen (secondary N) is 1. The molecule has 0 aromatic heterocycles. The van der Waals surface area contributed by atoms with Crippen LogP contribution in [0.1, 0.15) is 25.0 Å². The van der Waals surface area contributed by atoms with Crippen LogP contribution in [0.25, 0.3) is 0 Å². The summed E-state index contributed by atoms with van der Waals surface area (Å²) in [6.07, 6.45) is 0. The Kier molecular flexibility index (Phi) is 4.50. The van der Waals surface area contributed by atoms with Crippen molar-refractivity contribution in [3.05, 3.63) is 35.4 Å². The van der Waals surface area contributed by atoms with E-state index < -0.39 is 12.0 Å². The minimum Gasteiger partial charge on any atom is -0.480 e. The Morgan fingerprint density at radius 1 is 1.44 bits per heavy atom. The Balaban J connectivity index is 2.59. The molecule has 3 heteroatoms. The topological polar surface area (TPSA) is 49.3 Å². The van der Waals surface area contributed by atoms with E-state index in [1.165, 1.54) is 5.56 Å². The van der Waals surface area contributed by atoms with Crippen molar-refractivity contribution in [2.75, 3.05) is 0 Å². The van der Waals surface area contributed by atoms with Crippen LogP contribution in [0.5, 0.6) is 0 Å². The molecule has 0 saturated heterocycles. The van der Waals surface area contributed by atoms with E-state index >= 15 is 0 Å². The molecular formula is C13H19NO2. The van der Waals surface area contributed by atoms with Gasteiger partial charge in [-0.3, -0.25) is 4.79 Å². The third-order valence-corrected chi connectivity index (χ3v) is 2.54. The Hall–Kier alpha value is -1.35. The number of carbonyl (C=O) groups is 1. The number of aliphatic carboxylic acids is 1. The van der Waals surface area contributed by atoms with Gasteiger partial charge in [-0.15, -0.1) is 0 Å². The first-order valence-corrected chi connectivity index (χ1v) is 5.52. The molecule has 0 aliphatic heterocycles. The van der Waals surface area contributed by atoms with Crippen LogP contribution in [-0.4, -0.2) is 17.1 Å². The van der Waals surface area contributed by atoms with Crippen LogP contribution in [0.3, 0.4) is 0 Å². The highest BCUT2D eigenvalue weighted by Crippen LogP contribution is 2.06. The molecule has 1 aromatic carbocycles. The van der Waals surface area contributed by atoms with E-state index in [4.69, 9.17) is 5.11 Å². The van der Waals surface area contributed by atoms with E-state index in [1.807, 2.05) is 39.0 Å². The Morgan fingerprint density at radius 2 is 2.12 bits per heavy atom. The van der Waals surface area contributed by atoms with Gasteiger partial charge in [0.15, 0.2) is 0 Å². The Morgan fingerprint density at radius 3 is 2.62 bits per heavy atom. The fraction of sp³-hybridized carbons (Fsp3) is 0.462. The minimum atomic E-state index is -0.789. The summed E-state index contributed by atoms with van der Waals surface area (Å²) in [6, 6.07) is 7.59. The second kappa shape index (κ2) is 5.66. The molecule has 0 aliphatic rings. The van der Waals surface area contributed by atoms with Gasteiger partial charge in [0.05, 0.1) is 0 Å². The summed E-state index contributed by atoms with van der Waals surface area (Å²) in [7, 11) is 0. The van der Waals surface area contributed by atoms with E-state index in [0.29, 0.717) is 6.54 Å². The number of hydrogen-bond acceptors (Lipinski definition) is 2. The first-order chi connectivity index (χ1) is 7.50. The molecule has 1 atom stereocenters. The van der Waals surface area contributed by atoms with Crippen LogP contribution in [0.4, 0.5) is 0 Å². The van der Waals surface area contributed by atoms with Gasteiger partial charge in [0, 0.05) is 6.54 Å². The number of carboxylic acid groups (broad SMARTS) is 1. The Bertz CT molecular complexity index is 361. The van der Waals surface area contributed by atoms with Crippen molar-refractivity contribution in [3.63, 3.8) is 0 Å². The van der Waals surface area contributed by atoms with Gasteiger partial charge in [-0.2, -0.15) is 0 Å². The first-order valence-electron chi connectivity index (χ1n) is 5.52. The molecule has 88 valence electrons. The zero-order valence-electron chi connectivity index (χ0n) is 10.0. The van der Waals surface area contributed by atoms with Crippen molar-refractivity contribution in [3.8, 4) is 0 Å². The van der Waals surface area contributed by atoms with Crippen LogP contribution in [-0.2, 0) is 11.3 Å². The zero-order valence-corrected chi connectivity index (χ0v) is 10.0. The number of carboxylic acids is 1. The highest BCUT2D eigenvalue weighted by atomic mass is 16.4. The first kappa shape index (κ1) is 12.7. The molecule has 0 amide bonds. The highest BCUT2D eigenvalue weighted by molar-refractivity contribution is 5.73. The molecule has 16 heavy (non-hydrogen) atoms. The van der Waals surface area contributed by atoms with Crippen molar-refractivity contribution in [1.82, 2.24) is 5.32 Å². The summed E-state index contributed by atoms with van der Waals surface area (Å²) in [4.78, 5) is 11.0. The largest absolute Gasteiger partial charge is 0.480 e. The predicted molar refractivity (Wildman–Crippen MR) is 64.3 cm³/mol. The normalized spacial score (nSPS) is 12.8. The molecular weight excluding hydrogens is 202 g/mol. The van der Waals surface area contributed by atoms with Gasteiger partial charge < -0.3 is 10.4 Å². The van der Waals surface area contributed by atoms with Crippen LogP contribution < -0.4 is 5.32 Å². The van der Waals surface area contributed by atoms with Gasteiger partial charge in [0.2, 0.25) is 0 Å². The number of rotatable bonds is 5. The van der Waals surface area contributed by atoms with Crippen LogP contribution in [0.15, 0.2) is 24.3 Å². The molecule has 1 rings (SSSR count). The Labute approximate surface area is 96.5 Å². The molecule has 0 bridgehead atoms. The SMILES string of the molecule is Cc1cccc(CN[C@H](C(=O)O)C(C)C)c1. The molecule has 0 spiro atoms. The lowest BCUT2D eigenvalue weighted by atomic mass is 10.0. The fourth-order valence-corrected chi connectivity index (χ4v) is 1.66. The van der Waals surface area contributed by atoms with Gasteiger partial charge in [-0.05, 0) is 18.4 Å². The third kappa shape index (κ3) is 3.66. The highest BCUT2D eigenvalue weighted by Gasteiger charge is 2.20. The standard InChI is InChI=1S/C13H19NO2/c1-9(2)12(13(15)16)14-8-11-6-4-5-10(3)7-11/h4-7,9,12,14H,8H2,1-3H3,(H,15,16)/t12-/m0/s1. The summed E-state index contributed by atoms with van der Waals surface area (Å²) in [5.41, 5.74) is 2.31.